The molecule has 0 fully saturated rings. The van der Waals surface area contributed by atoms with Crippen LogP contribution in [0.1, 0.15) is 6.42 Å². The zero-order valence-corrected chi connectivity index (χ0v) is 12.1. The monoisotopic (exact) mass is 321 g/mol. The molecule has 1 rings (SSSR count). The van der Waals surface area contributed by atoms with E-state index in [-0.39, 0.29) is 18.1 Å². The van der Waals surface area contributed by atoms with Crippen molar-refractivity contribution in [2.24, 2.45) is 0 Å². The molecule has 0 atom stereocenters. The lowest BCUT2D eigenvalue weighted by Crippen LogP contribution is -2.04. The van der Waals surface area contributed by atoms with Crippen LogP contribution in [-0.2, 0) is 9.05 Å². The van der Waals surface area contributed by atoms with Crippen molar-refractivity contribution in [2.75, 3.05) is 13.7 Å². The molecule has 0 amide bonds. The van der Waals surface area contributed by atoms with Crippen LogP contribution in [0.3, 0.4) is 0 Å². The van der Waals surface area contributed by atoms with Crippen molar-refractivity contribution in [3.8, 4) is 11.5 Å². The van der Waals surface area contributed by atoms with Crippen molar-refractivity contribution in [1.29, 1.82) is 0 Å². The van der Waals surface area contributed by atoms with Gasteiger partial charge in [-0.1, -0.05) is 6.08 Å². The molecule has 7 nitrogen and oxygen atoms in total. The number of hydrogen-bond acceptors (Lipinski definition) is 6. The van der Waals surface area contributed by atoms with Crippen LogP contribution in [0, 0.1) is 10.1 Å². The molecule has 0 radical (unpaired) electrons. The van der Waals surface area contributed by atoms with Gasteiger partial charge < -0.3 is 9.47 Å². The summed E-state index contributed by atoms with van der Waals surface area (Å²) in [4.78, 5) is 9.56. The summed E-state index contributed by atoms with van der Waals surface area (Å²) < 4.78 is 33.1. The maximum Gasteiger partial charge on any atom is 0.274 e. The molecule has 0 aliphatic heterocycles. The van der Waals surface area contributed by atoms with Gasteiger partial charge in [0, 0.05) is 16.7 Å². The van der Waals surface area contributed by atoms with Gasteiger partial charge >= 0.3 is 0 Å². The Hall–Kier alpha value is -1.80. The van der Waals surface area contributed by atoms with Gasteiger partial charge in [-0.2, -0.15) is 0 Å². The number of nitro groups is 1. The van der Waals surface area contributed by atoms with Crippen LogP contribution in [0.15, 0.2) is 29.7 Å². The number of nitro benzene ring substituents is 1. The molecule has 0 aliphatic carbocycles. The van der Waals surface area contributed by atoms with Gasteiger partial charge in [-0.25, -0.2) is 8.42 Å². The summed E-state index contributed by atoms with van der Waals surface area (Å²) in [7, 11) is 2.25. The van der Waals surface area contributed by atoms with Crippen molar-refractivity contribution in [3.05, 3.63) is 34.9 Å². The van der Waals surface area contributed by atoms with Crippen LogP contribution in [0.4, 0.5) is 5.69 Å². The van der Waals surface area contributed by atoms with Gasteiger partial charge in [0.2, 0.25) is 0 Å². The predicted octanol–water partition coefficient (Wildman–Crippen LogP) is 2.49. The quantitative estimate of drug-likeness (QED) is 0.252. The van der Waals surface area contributed by atoms with E-state index in [0.29, 0.717) is 6.42 Å². The van der Waals surface area contributed by atoms with E-state index in [2.05, 4.69) is 6.58 Å². The summed E-state index contributed by atoms with van der Waals surface area (Å²) in [5.41, 5.74) is -0.460. The van der Waals surface area contributed by atoms with Crippen molar-refractivity contribution in [3.63, 3.8) is 0 Å². The number of halogens is 1. The molecule has 0 heterocycles. The van der Waals surface area contributed by atoms with Crippen molar-refractivity contribution in [2.45, 2.75) is 11.3 Å². The first-order valence-electron chi connectivity index (χ1n) is 5.36. The molecule has 0 aromatic heterocycles. The summed E-state index contributed by atoms with van der Waals surface area (Å²) in [5, 5.41) is 10.8. The Morgan fingerprint density at radius 2 is 2.15 bits per heavy atom. The summed E-state index contributed by atoms with van der Waals surface area (Å²) in [5.74, 6) is -0.238. The standard InChI is InChI=1S/C11H12ClNO6S/c1-3-4-5-19-9-6-8(13(14)15)7-10(11(9)18-2)20(12,16)17/h3,6-7H,1,4-5H2,2H3. The fraction of sp³-hybridized carbons (Fsp3) is 0.273. The third kappa shape index (κ3) is 3.84. The van der Waals surface area contributed by atoms with Crippen molar-refractivity contribution >= 4 is 25.4 Å². The number of benzene rings is 1. The number of rotatable bonds is 7. The van der Waals surface area contributed by atoms with Gasteiger partial charge in [0.1, 0.15) is 4.90 Å². The number of ether oxygens (including phenoxy) is 2. The third-order valence-electron chi connectivity index (χ3n) is 2.26. The second kappa shape index (κ2) is 6.58. The lowest BCUT2D eigenvalue weighted by atomic mass is 10.2. The second-order valence-electron chi connectivity index (χ2n) is 3.60. The molecule has 9 heteroatoms. The minimum atomic E-state index is -4.21. The molecule has 0 aliphatic rings. The Morgan fingerprint density at radius 3 is 2.60 bits per heavy atom. The highest BCUT2D eigenvalue weighted by molar-refractivity contribution is 8.13. The predicted molar refractivity (Wildman–Crippen MR) is 73.0 cm³/mol. The molecule has 1 aromatic rings. The fourth-order valence-electron chi connectivity index (χ4n) is 1.41. The molecule has 0 saturated heterocycles. The van der Waals surface area contributed by atoms with E-state index in [1.807, 2.05) is 0 Å². The van der Waals surface area contributed by atoms with Crippen LogP contribution >= 0.6 is 10.7 Å². The van der Waals surface area contributed by atoms with E-state index >= 15 is 0 Å². The first-order chi connectivity index (χ1) is 9.31. The molecule has 1 aromatic carbocycles. The third-order valence-corrected chi connectivity index (χ3v) is 3.59. The Morgan fingerprint density at radius 1 is 1.50 bits per heavy atom. The van der Waals surface area contributed by atoms with Gasteiger partial charge in [-0.15, -0.1) is 6.58 Å². The highest BCUT2D eigenvalue weighted by Crippen LogP contribution is 2.39. The van der Waals surface area contributed by atoms with Gasteiger partial charge in [-0.3, -0.25) is 10.1 Å². The minimum absolute atomic E-state index is 0.0669. The Kier molecular flexibility index (Phi) is 5.34. The Balaban J connectivity index is 3.42. The van der Waals surface area contributed by atoms with Crippen LogP contribution < -0.4 is 9.47 Å². The molecule has 0 unspecified atom stereocenters. The number of non-ortho nitro benzene ring substituents is 1. The van der Waals surface area contributed by atoms with E-state index in [4.69, 9.17) is 20.2 Å². The molecule has 110 valence electrons. The topological polar surface area (TPSA) is 95.7 Å². The summed E-state index contributed by atoms with van der Waals surface area (Å²) in [6.45, 7) is 3.67. The van der Waals surface area contributed by atoms with Gasteiger partial charge in [0.05, 0.1) is 24.7 Å². The van der Waals surface area contributed by atoms with Crippen LogP contribution in [0.25, 0.3) is 0 Å². The number of hydrogen-bond donors (Lipinski definition) is 0. The zero-order valence-electron chi connectivity index (χ0n) is 10.5. The Labute approximate surface area is 120 Å². The van der Waals surface area contributed by atoms with Crippen LogP contribution in [0.5, 0.6) is 11.5 Å². The van der Waals surface area contributed by atoms with E-state index in [0.717, 1.165) is 12.1 Å². The maximum absolute atomic E-state index is 11.5. The zero-order chi connectivity index (χ0) is 15.3. The minimum Gasteiger partial charge on any atom is -0.492 e. The molecule has 20 heavy (non-hydrogen) atoms. The van der Waals surface area contributed by atoms with Gasteiger partial charge in [-0.05, 0) is 6.42 Å². The summed E-state index contributed by atoms with van der Waals surface area (Å²) in [6, 6.07) is 1.90. The summed E-state index contributed by atoms with van der Waals surface area (Å²) in [6.07, 6.45) is 2.07. The van der Waals surface area contributed by atoms with Crippen molar-refractivity contribution < 1.29 is 22.8 Å². The van der Waals surface area contributed by atoms with E-state index in [9.17, 15) is 18.5 Å². The summed E-state index contributed by atoms with van der Waals surface area (Å²) >= 11 is 0. The fourth-order valence-corrected chi connectivity index (χ4v) is 2.42. The van der Waals surface area contributed by atoms with E-state index < -0.39 is 24.6 Å². The lowest BCUT2D eigenvalue weighted by molar-refractivity contribution is -0.385. The second-order valence-corrected chi connectivity index (χ2v) is 6.13. The normalized spacial score (nSPS) is 10.9. The molecular formula is C11H12ClNO6S. The average molecular weight is 322 g/mol. The molecule has 0 bridgehead atoms. The van der Waals surface area contributed by atoms with Crippen molar-refractivity contribution in [1.82, 2.24) is 0 Å². The SMILES string of the molecule is C=CCCOc1cc([N+](=O)[O-])cc(S(=O)(=O)Cl)c1OC. The highest BCUT2D eigenvalue weighted by atomic mass is 35.7. The first-order valence-corrected chi connectivity index (χ1v) is 7.67. The van der Waals surface area contributed by atoms with E-state index in [1.165, 1.54) is 7.11 Å². The van der Waals surface area contributed by atoms with Gasteiger partial charge in [0.25, 0.3) is 14.7 Å². The maximum atomic E-state index is 11.5. The smallest absolute Gasteiger partial charge is 0.274 e. The van der Waals surface area contributed by atoms with Crippen LogP contribution in [-0.4, -0.2) is 27.1 Å². The van der Waals surface area contributed by atoms with Gasteiger partial charge in [0.15, 0.2) is 11.5 Å². The largest absolute Gasteiger partial charge is 0.492 e. The van der Waals surface area contributed by atoms with E-state index in [1.54, 1.807) is 6.08 Å². The lowest BCUT2D eigenvalue weighted by Gasteiger charge is -2.12. The Bertz CT molecular complexity index is 628. The highest BCUT2D eigenvalue weighted by Gasteiger charge is 2.25. The number of methoxy groups -OCH3 is 1. The molecular weight excluding hydrogens is 310 g/mol. The average Bonchev–Trinajstić information content (AvgIpc) is 2.36. The first kappa shape index (κ1) is 16.3. The molecule has 0 saturated carbocycles. The van der Waals surface area contributed by atoms with Crippen LogP contribution in [0.2, 0.25) is 0 Å². The number of nitrogens with zero attached hydrogens (tertiary/aromatic N) is 1. The molecule has 0 spiro atoms. The molecule has 0 N–H and O–H groups in total.